The quantitative estimate of drug-likeness (QED) is 0.680. The van der Waals surface area contributed by atoms with Crippen molar-refractivity contribution in [2.75, 3.05) is 0 Å². The zero-order valence-electron chi connectivity index (χ0n) is 9.39. The van der Waals surface area contributed by atoms with Gasteiger partial charge in [-0.25, -0.2) is 0 Å². The molecule has 2 aromatic carbocycles. The Morgan fingerprint density at radius 3 is 1.72 bits per heavy atom. The van der Waals surface area contributed by atoms with E-state index in [9.17, 15) is 9.59 Å². The number of benzene rings is 2. The van der Waals surface area contributed by atoms with Crippen molar-refractivity contribution < 1.29 is 9.59 Å². The van der Waals surface area contributed by atoms with E-state index in [1.807, 2.05) is 12.1 Å². The third-order valence-corrected chi connectivity index (χ3v) is 2.80. The maximum Gasteiger partial charge on any atom is 0.289 e. The van der Waals surface area contributed by atoms with Crippen molar-refractivity contribution in [2.24, 2.45) is 5.73 Å². The number of hydrogen-bond donors (Lipinski definition) is 1. The minimum Gasteiger partial charge on any atom is -0.363 e. The van der Waals surface area contributed by atoms with Crippen molar-refractivity contribution in [1.29, 1.82) is 0 Å². The molecule has 0 atom stereocenters. The topological polar surface area (TPSA) is 60.2 Å². The molecular formula is C14H10ClNO2. The highest BCUT2D eigenvalue weighted by Gasteiger charge is 2.11. The largest absolute Gasteiger partial charge is 0.363 e. The van der Waals surface area contributed by atoms with Crippen molar-refractivity contribution in [3.8, 4) is 11.1 Å². The molecule has 18 heavy (non-hydrogen) atoms. The van der Waals surface area contributed by atoms with Gasteiger partial charge in [0.1, 0.15) is 0 Å². The lowest BCUT2D eigenvalue weighted by atomic mass is 10.0. The predicted octanol–water partition coefficient (Wildman–Crippen LogP) is 2.68. The van der Waals surface area contributed by atoms with Gasteiger partial charge in [0.2, 0.25) is 5.78 Å². The van der Waals surface area contributed by atoms with Crippen LogP contribution < -0.4 is 5.73 Å². The molecule has 2 N–H and O–H groups in total. The fourth-order valence-corrected chi connectivity index (χ4v) is 1.72. The van der Waals surface area contributed by atoms with Gasteiger partial charge in [-0.15, -0.1) is 0 Å². The molecule has 0 aliphatic heterocycles. The summed E-state index contributed by atoms with van der Waals surface area (Å²) in [6, 6.07) is 14.0. The smallest absolute Gasteiger partial charge is 0.289 e. The van der Waals surface area contributed by atoms with Gasteiger partial charge in [0, 0.05) is 10.6 Å². The van der Waals surface area contributed by atoms with Crippen molar-refractivity contribution in [1.82, 2.24) is 0 Å². The highest BCUT2D eigenvalue weighted by Crippen LogP contribution is 2.21. The van der Waals surface area contributed by atoms with E-state index < -0.39 is 11.7 Å². The van der Waals surface area contributed by atoms with E-state index in [4.69, 9.17) is 17.3 Å². The molecule has 90 valence electrons. The SMILES string of the molecule is NC(=O)C(=O)c1ccc(-c2ccc(Cl)cc2)cc1. The molecule has 0 aliphatic carbocycles. The van der Waals surface area contributed by atoms with E-state index >= 15 is 0 Å². The molecule has 0 fully saturated rings. The number of Topliss-reactive ketones (excluding diaryl/α,β-unsaturated/α-hetero) is 1. The molecule has 4 heteroatoms. The van der Waals surface area contributed by atoms with Crippen LogP contribution in [0.5, 0.6) is 0 Å². The monoisotopic (exact) mass is 259 g/mol. The summed E-state index contributed by atoms with van der Waals surface area (Å²) in [5, 5.41) is 0.666. The zero-order valence-corrected chi connectivity index (χ0v) is 10.1. The van der Waals surface area contributed by atoms with E-state index in [0.29, 0.717) is 10.6 Å². The summed E-state index contributed by atoms with van der Waals surface area (Å²) in [5.41, 5.74) is 7.14. The van der Waals surface area contributed by atoms with Crippen molar-refractivity contribution in [2.45, 2.75) is 0 Å². The average Bonchev–Trinajstić information content (AvgIpc) is 2.39. The van der Waals surface area contributed by atoms with E-state index in [2.05, 4.69) is 0 Å². The molecule has 0 heterocycles. The number of halogens is 1. The van der Waals surface area contributed by atoms with Crippen LogP contribution in [0.25, 0.3) is 11.1 Å². The van der Waals surface area contributed by atoms with Gasteiger partial charge in [0.15, 0.2) is 0 Å². The Kier molecular flexibility index (Phi) is 3.44. The molecule has 0 aliphatic rings. The van der Waals surface area contributed by atoms with Crippen LogP contribution in [0.1, 0.15) is 10.4 Å². The Hall–Kier alpha value is -2.13. The van der Waals surface area contributed by atoms with Crippen molar-refractivity contribution >= 4 is 23.3 Å². The lowest BCUT2D eigenvalue weighted by Crippen LogP contribution is -2.22. The first-order chi connectivity index (χ1) is 8.58. The van der Waals surface area contributed by atoms with Gasteiger partial charge in [-0.2, -0.15) is 0 Å². The second-order valence-corrected chi connectivity index (χ2v) is 4.21. The average molecular weight is 260 g/mol. The van der Waals surface area contributed by atoms with Gasteiger partial charge >= 0.3 is 0 Å². The number of rotatable bonds is 3. The van der Waals surface area contributed by atoms with Gasteiger partial charge in [-0.3, -0.25) is 9.59 Å². The van der Waals surface area contributed by atoms with Crippen LogP contribution in [0.2, 0.25) is 5.02 Å². The second-order valence-electron chi connectivity index (χ2n) is 3.78. The molecule has 0 radical (unpaired) electrons. The first-order valence-corrected chi connectivity index (χ1v) is 5.66. The van der Waals surface area contributed by atoms with Gasteiger partial charge in [-0.05, 0) is 23.3 Å². The molecule has 2 rings (SSSR count). The summed E-state index contributed by atoms with van der Waals surface area (Å²) < 4.78 is 0. The summed E-state index contributed by atoms with van der Waals surface area (Å²) in [5.74, 6) is -1.63. The van der Waals surface area contributed by atoms with E-state index in [1.54, 1.807) is 36.4 Å². The fourth-order valence-electron chi connectivity index (χ4n) is 1.60. The third kappa shape index (κ3) is 2.57. The van der Waals surface area contributed by atoms with Gasteiger partial charge in [0.25, 0.3) is 5.91 Å². The Morgan fingerprint density at radius 2 is 1.28 bits per heavy atom. The fraction of sp³-hybridized carbons (Fsp3) is 0. The maximum atomic E-state index is 11.3. The molecule has 0 saturated heterocycles. The minimum atomic E-state index is -0.950. The Bertz CT molecular complexity index is 588. The number of primary amides is 1. The van der Waals surface area contributed by atoms with E-state index in [1.165, 1.54) is 0 Å². The molecule has 1 amide bonds. The summed E-state index contributed by atoms with van der Waals surface area (Å²) in [6.07, 6.45) is 0. The number of ketones is 1. The van der Waals surface area contributed by atoms with Crippen LogP contribution >= 0.6 is 11.6 Å². The summed E-state index contributed by atoms with van der Waals surface area (Å²) in [7, 11) is 0. The van der Waals surface area contributed by atoms with Crippen LogP contribution in [0.15, 0.2) is 48.5 Å². The molecule has 0 aromatic heterocycles. The number of hydrogen-bond acceptors (Lipinski definition) is 2. The minimum absolute atomic E-state index is 0.292. The van der Waals surface area contributed by atoms with Gasteiger partial charge in [-0.1, -0.05) is 48.0 Å². The van der Waals surface area contributed by atoms with Crippen molar-refractivity contribution in [3.05, 3.63) is 59.1 Å². The number of carbonyl (C=O) groups is 2. The van der Waals surface area contributed by atoms with Crippen LogP contribution in [0, 0.1) is 0 Å². The van der Waals surface area contributed by atoms with Crippen LogP contribution in [0.3, 0.4) is 0 Å². The lowest BCUT2D eigenvalue weighted by molar-refractivity contribution is -0.114. The maximum absolute atomic E-state index is 11.3. The molecule has 0 spiro atoms. The molecule has 3 nitrogen and oxygen atoms in total. The van der Waals surface area contributed by atoms with Gasteiger partial charge < -0.3 is 5.73 Å². The van der Waals surface area contributed by atoms with E-state index in [-0.39, 0.29) is 0 Å². The molecule has 0 saturated carbocycles. The second kappa shape index (κ2) is 5.02. The predicted molar refractivity (Wildman–Crippen MR) is 70.4 cm³/mol. The standard InChI is InChI=1S/C14H10ClNO2/c15-12-7-5-10(6-8-12)9-1-3-11(4-2-9)13(17)14(16)18/h1-8H,(H2,16,18). The first kappa shape index (κ1) is 12.3. The first-order valence-electron chi connectivity index (χ1n) is 5.28. The molecule has 0 bridgehead atoms. The zero-order chi connectivity index (χ0) is 13.1. The van der Waals surface area contributed by atoms with E-state index in [0.717, 1.165) is 11.1 Å². The third-order valence-electron chi connectivity index (χ3n) is 2.55. The molecule has 0 unspecified atom stereocenters. The molecule has 2 aromatic rings. The molecular weight excluding hydrogens is 250 g/mol. The van der Waals surface area contributed by atoms with Crippen molar-refractivity contribution in [3.63, 3.8) is 0 Å². The summed E-state index contributed by atoms with van der Waals surface area (Å²) in [4.78, 5) is 22.1. The Balaban J connectivity index is 2.30. The summed E-state index contributed by atoms with van der Waals surface area (Å²) in [6.45, 7) is 0. The van der Waals surface area contributed by atoms with Gasteiger partial charge in [0.05, 0.1) is 0 Å². The van der Waals surface area contributed by atoms with Crippen LogP contribution in [-0.4, -0.2) is 11.7 Å². The van der Waals surface area contributed by atoms with Crippen LogP contribution in [-0.2, 0) is 4.79 Å². The highest BCUT2D eigenvalue weighted by molar-refractivity contribution is 6.42. The number of carbonyl (C=O) groups excluding carboxylic acids is 2. The summed E-state index contributed by atoms with van der Waals surface area (Å²) >= 11 is 5.80. The number of amides is 1. The number of nitrogens with two attached hydrogens (primary N) is 1. The Morgan fingerprint density at radius 1 is 0.833 bits per heavy atom. The normalized spacial score (nSPS) is 10.1. The van der Waals surface area contributed by atoms with Crippen LogP contribution in [0.4, 0.5) is 0 Å². The lowest BCUT2D eigenvalue weighted by Gasteiger charge is -2.03. The Labute approximate surface area is 109 Å². The highest BCUT2D eigenvalue weighted by atomic mass is 35.5.